The summed E-state index contributed by atoms with van der Waals surface area (Å²) in [5, 5.41) is 5.66. The Kier molecular flexibility index (Phi) is 5.02. The van der Waals surface area contributed by atoms with Gasteiger partial charge in [-0.3, -0.25) is 9.59 Å². The third-order valence-corrected chi connectivity index (χ3v) is 4.28. The highest BCUT2D eigenvalue weighted by Crippen LogP contribution is 2.28. The zero-order valence-corrected chi connectivity index (χ0v) is 15.1. The van der Waals surface area contributed by atoms with Gasteiger partial charge < -0.3 is 9.64 Å². The van der Waals surface area contributed by atoms with E-state index in [0.717, 1.165) is 5.56 Å². The van der Waals surface area contributed by atoms with Crippen molar-refractivity contribution in [3.63, 3.8) is 0 Å². The second kappa shape index (κ2) is 7.39. The summed E-state index contributed by atoms with van der Waals surface area (Å²) in [6.45, 7) is 1.95. The summed E-state index contributed by atoms with van der Waals surface area (Å²) < 4.78 is 5.33. The molecule has 0 aliphatic carbocycles. The van der Waals surface area contributed by atoms with E-state index in [1.54, 1.807) is 20.2 Å². The fourth-order valence-corrected chi connectivity index (χ4v) is 2.88. The van der Waals surface area contributed by atoms with Crippen LogP contribution >= 0.6 is 0 Å². The van der Waals surface area contributed by atoms with E-state index in [1.807, 2.05) is 49.4 Å². The minimum absolute atomic E-state index is 0.118. The number of para-hydroxylation sites is 2. The lowest BCUT2D eigenvalue weighted by Gasteiger charge is -2.26. The minimum Gasteiger partial charge on any atom is -0.495 e. The number of hydrogen-bond donors (Lipinski definition) is 0. The molecule has 0 fully saturated rings. The first kappa shape index (κ1) is 17.7. The number of aryl methyl sites for hydroxylation is 1. The van der Waals surface area contributed by atoms with Gasteiger partial charge in [0.2, 0.25) is 5.91 Å². The number of carbonyl (C=O) groups is 2. The number of ether oxygens (including phenoxy) is 1. The Morgan fingerprint density at radius 1 is 1.15 bits per heavy atom. The van der Waals surface area contributed by atoms with Gasteiger partial charge in [0.25, 0.3) is 5.91 Å². The van der Waals surface area contributed by atoms with Crippen molar-refractivity contribution in [2.75, 3.05) is 24.1 Å². The molecule has 2 aromatic carbocycles. The van der Waals surface area contributed by atoms with Gasteiger partial charge in [0.05, 0.1) is 18.5 Å². The van der Waals surface area contributed by atoms with E-state index in [0.29, 0.717) is 29.3 Å². The fourth-order valence-electron chi connectivity index (χ4n) is 2.88. The van der Waals surface area contributed by atoms with Gasteiger partial charge in [-0.1, -0.05) is 24.3 Å². The van der Waals surface area contributed by atoms with Crippen LogP contribution in [0.15, 0.2) is 53.6 Å². The lowest BCUT2D eigenvalue weighted by atomic mass is 10.1. The highest BCUT2D eigenvalue weighted by Gasteiger charge is 2.28. The Balaban J connectivity index is 1.91. The van der Waals surface area contributed by atoms with E-state index in [-0.39, 0.29) is 18.2 Å². The Morgan fingerprint density at radius 2 is 1.92 bits per heavy atom. The summed E-state index contributed by atoms with van der Waals surface area (Å²) in [5.74, 6) is 0.234. The summed E-state index contributed by atoms with van der Waals surface area (Å²) in [6, 6.07) is 14.8. The number of anilines is 2. The van der Waals surface area contributed by atoms with Crippen molar-refractivity contribution in [3.05, 3.63) is 54.1 Å². The molecule has 3 rings (SSSR count). The average Bonchev–Trinajstić information content (AvgIpc) is 2.67. The van der Waals surface area contributed by atoms with Gasteiger partial charge in [-0.15, -0.1) is 0 Å². The molecule has 1 heterocycles. The molecule has 0 bridgehead atoms. The first-order chi connectivity index (χ1) is 12.5. The van der Waals surface area contributed by atoms with Crippen molar-refractivity contribution in [2.24, 2.45) is 5.10 Å². The van der Waals surface area contributed by atoms with Crippen LogP contribution in [0, 0.1) is 6.92 Å². The topological polar surface area (TPSA) is 62.2 Å². The average molecular weight is 351 g/mol. The standard InChI is InChI=1S/C20H21N3O3/c1-14-7-6-8-15(13-14)23-19(24)12-11-16(21-23)20(25)22(2)17-9-4-5-10-18(17)26-3/h4-10,13H,11-12H2,1-3H3. The van der Waals surface area contributed by atoms with Crippen molar-refractivity contribution in [1.82, 2.24) is 0 Å². The second-order valence-corrected chi connectivity index (χ2v) is 6.13. The molecule has 0 aromatic heterocycles. The Hall–Kier alpha value is -3.15. The van der Waals surface area contributed by atoms with Crippen molar-refractivity contribution < 1.29 is 14.3 Å². The molecule has 2 aromatic rings. The Labute approximate surface area is 152 Å². The summed E-state index contributed by atoms with van der Waals surface area (Å²) in [4.78, 5) is 26.7. The number of benzene rings is 2. The quantitative estimate of drug-likeness (QED) is 0.850. The minimum atomic E-state index is -0.250. The van der Waals surface area contributed by atoms with Gasteiger partial charge in [0.1, 0.15) is 11.5 Å². The van der Waals surface area contributed by atoms with Gasteiger partial charge >= 0.3 is 0 Å². The van der Waals surface area contributed by atoms with Crippen molar-refractivity contribution in [1.29, 1.82) is 0 Å². The van der Waals surface area contributed by atoms with Crippen LogP contribution < -0.4 is 14.6 Å². The molecule has 0 atom stereocenters. The maximum Gasteiger partial charge on any atom is 0.274 e. The molecule has 0 N–H and O–H groups in total. The predicted molar refractivity (Wildman–Crippen MR) is 102 cm³/mol. The molecular formula is C20H21N3O3. The van der Waals surface area contributed by atoms with E-state index in [1.165, 1.54) is 9.91 Å². The molecule has 0 spiro atoms. The van der Waals surface area contributed by atoms with E-state index >= 15 is 0 Å². The number of amides is 2. The van der Waals surface area contributed by atoms with Gasteiger partial charge in [-0.2, -0.15) is 5.10 Å². The molecule has 134 valence electrons. The van der Waals surface area contributed by atoms with Crippen LogP contribution in [0.4, 0.5) is 11.4 Å². The van der Waals surface area contributed by atoms with Crippen molar-refractivity contribution >= 4 is 28.9 Å². The van der Waals surface area contributed by atoms with E-state index < -0.39 is 0 Å². The third kappa shape index (κ3) is 3.44. The van der Waals surface area contributed by atoms with Crippen LogP contribution in [-0.2, 0) is 9.59 Å². The highest BCUT2D eigenvalue weighted by atomic mass is 16.5. The van der Waals surface area contributed by atoms with Crippen LogP contribution in [0.25, 0.3) is 0 Å². The number of hydrazone groups is 1. The van der Waals surface area contributed by atoms with Gasteiger partial charge in [0.15, 0.2) is 0 Å². The van der Waals surface area contributed by atoms with Crippen molar-refractivity contribution in [3.8, 4) is 5.75 Å². The highest BCUT2D eigenvalue weighted by molar-refractivity contribution is 6.44. The maximum atomic E-state index is 12.9. The van der Waals surface area contributed by atoms with Gasteiger partial charge in [0, 0.05) is 19.9 Å². The summed E-state index contributed by atoms with van der Waals surface area (Å²) in [7, 11) is 3.24. The molecule has 0 unspecified atom stereocenters. The van der Waals surface area contributed by atoms with E-state index in [2.05, 4.69) is 5.10 Å². The van der Waals surface area contributed by atoms with E-state index in [4.69, 9.17) is 4.74 Å². The number of hydrogen-bond acceptors (Lipinski definition) is 4. The smallest absolute Gasteiger partial charge is 0.274 e. The zero-order chi connectivity index (χ0) is 18.7. The van der Waals surface area contributed by atoms with Gasteiger partial charge in [-0.25, -0.2) is 5.01 Å². The summed E-state index contributed by atoms with van der Waals surface area (Å²) in [5.41, 5.74) is 2.69. The zero-order valence-electron chi connectivity index (χ0n) is 15.1. The molecule has 1 aliphatic rings. The molecule has 1 aliphatic heterocycles. The number of methoxy groups -OCH3 is 1. The van der Waals surface area contributed by atoms with E-state index in [9.17, 15) is 9.59 Å². The lowest BCUT2D eigenvalue weighted by molar-refractivity contribution is -0.118. The van der Waals surface area contributed by atoms with Crippen LogP contribution in [-0.4, -0.2) is 31.7 Å². The molecule has 0 saturated heterocycles. The number of carbonyl (C=O) groups excluding carboxylic acids is 2. The summed E-state index contributed by atoms with van der Waals surface area (Å²) in [6.07, 6.45) is 0.567. The summed E-state index contributed by atoms with van der Waals surface area (Å²) >= 11 is 0. The number of nitrogens with zero attached hydrogens (tertiary/aromatic N) is 3. The maximum absolute atomic E-state index is 12.9. The molecule has 2 amide bonds. The van der Waals surface area contributed by atoms with Crippen LogP contribution in [0.2, 0.25) is 0 Å². The molecule has 26 heavy (non-hydrogen) atoms. The molecule has 6 heteroatoms. The Bertz CT molecular complexity index is 876. The van der Waals surface area contributed by atoms with Crippen molar-refractivity contribution in [2.45, 2.75) is 19.8 Å². The number of rotatable bonds is 4. The van der Waals surface area contributed by atoms with Crippen LogP contribution in [0.5, 0.6) is 5.75 Å². The molecule has 6 nitrogen and oxygen atoms in total. The van der Waals surface area contributed by atoms with Gasteiger partial charge in [-0.05, 0) is 36.8 Å². The fraction of sp³-hybridized carbons (Fsp3) is 0.250. The largest absolute Gasteiger partial charge is 0.495 e. The second-order valence-electron chi connectivity index (χ2n) is 6.13. The normalized spacial score (nSPS) is 14.0. The molecule has 0 saturated carbocycles. The molecular weight excluding hydrogens is 330 g/mol. The van der Waals surface area contributed by atoms with Crippen LogP contribution in [0.1, 0.15) is 18.4 Å². The Morgan fingerprint density at radius 3 is 2.65 bits per heavy atom. The first-order valence-electron chi connectivity index (χ1n) is 8.39. The first-order valence-corrected chi connectivity index (χ1v) is 8.39. The monoisotopic (exact) mass is 351 g/mol. The third-order valence-electron chi connectivity index (χ3n) is 4.28. The SMILES string of the molecule is COc1ccccc1N(C)C(=O)C1=NN(c2cccc(C)c2)C(=O)CC1. The molecule has 0 radical (unpaired) electrons. The van der Waals surface area contributed by atoms with Crippen LogP contribution in [0.3, 0.4) is 0 Å². The lowest BCUT2D eigenvalue weighted by Crippen LogP contribution is -2.40. The predicted octanol–water partition coefficient (Wildman–Crippen LogP) is 3.15.